The topological polar surface area (TPSA) is 46.1 Å². The quantitative estimate of drug-likeness (QED) is 0.419. The lowest BCUT2D eigenvalue weighted by Crippen LogP contribution is -2.38. The Labute approximate surface area is 174 Å². The van der Waals surface area contributed by atoms with Gasteiger partial charge in [-0.1, -0.05) is 36.4 Å². The smallest absolute Gasteiger partial charge is 0.254 e. The number of pyridine rings is 1. The number of nitrogens with zero attached hydrogens (tertiary/aromatic N) is 3. The minimum Gasteiger partial charge on any atom is -0.330 e. The van der Waals surface area contributed by atoms with Crippen LogP contribution in [-0.2, 0) is 13.0 Å². The molecule has 0 bridgehead atoms. The molecule has 0 spiro atoms. The van der Waals surface area contributed by atoms with Gasteiger partial charge in [-0.3, -0.25) is 9.78 Å². The van der Waals surface area contributed by atoms with E-state index in [1.807, 2.05) is 52.9 Å². The van der Waals surface area contributed by atoms with Crippen molar-refractivity contribution in [1.29, 1.82) is 0 Å². The van der Waals surface area contributed by atoms with Crippen molar-refractivity contribution in [2.75, 3.05) is 0 Å². The molecular formula is C24H23N3OS. The predicted molar refractivity (Wildman–Crippen MR) is 118 cm³/mol. The third kappa shape index (κ3) is 4.69. The van der Waals surface area contributed by atoms with Crippen LogP contribution in [0, 0.1) is 0 Å². The fraction of sp³-hybridized carbons (Fsp3) is 0.208. The number of carbonyl (C=O) groups is 1. The molecule has 1 atom stereocenters. The molecule has 2 aromatic heterocycles. The molecule has 0 aliphatic carbocycles. The van der Waals surface area contributed by atoms with Crippen LogP contribution >= 0.6 is 11.3 Å². The molecule has 0 saturated carbocycles. The summed E-state index contributed by atoms with van der Waals surface area (Å²) in [5.74, 6) is 0.0338. The molecule has 4 aromatic rings. The van der Waals surface area contributed by atoms with Gasteiger partial charge in [-0.25, -0.2) is 4.98 Å². The van der Waals surface area contributed by atoms with Crippen LogP contribution in [0.3, 0.4) is 0 Å². The van der Waals surface area contributed by atoms with Gasteiger partial charge >= 0.3 is 0 Å². The normalized spacial score (nSPS) is 12.0. The van der Waals surface area contributed by atoms with Gasteiger partial charge < -0.3 is 4.90 Å². The SMILES string of the molecule is C[C@@H](CCc1ccccc1)N(Cc1ccccn1)C(=O)c1ccc2ncsc2c1. The second-order valence-corrected chi connectivity index (χ2v) is 8.05. The maximum absolute atomic E-state index is 13.4. The Morgan fingerprint density at radius 3 is 2.66 bits per heavy atom. The number of aromatic nitrogens is 2. The van der Waals surface area contributed by atoms with E-state index in [4.69, 9.17) is 0 Å². The van der Waals surface area contributed by atoms with Crippen molar-refractivity contribution in [2.24, 2.45) is 0 Å². The minimum absolute atomic E-state index is 0.0338. The summed E-state index contributed by atoms with van der Waals surface area (Å²) in [6.45, 7) is 2.62. The van der Waals surface area contributed by atoms with Crippen LogP contribution in [0.2, 0.25) is 0 Å². The number of carbonyl (C=O) groups excluding carboxylic acids is 1. The van der Waals surface area contributed by atoms with Gasteiger partial charge in [0.2, 0.25) is 0 Å². The maximum atomic E-state index is 13.4. The van der Waals surface area contributed by atoms with E-state index in [1.165, 1.54) is 5.56 Å². The van der Waals surface area contributed by atoms with Gasteiger partial charge in [0.05, 0.1) is 28.0 Å². The number of aryl methyl sites for hydroxylation is 1. The zero-order valence-corrected chi connectivity index (χ0v) is 17.2. The first-order chi connectivity index (χ1) is 14.2. The summed E-state index contributed by atoms with van der Waals surface area (Å²) in [6.07, 6.45) is 3.60. The Morgan fingerprint density at radius 2 is 1.86 bits per heavy atom. The van der Waals surface area contributed by atoms with E-state index in [1.54, 1.807) is 17.5 Å². The standard InChI is InChI=1S/C24H23N3OS/c1-18(10-11-19-7-3-2-4-8-19)27(16-21-9-5-6-14-25-21)24(28)20-12-13-22-23(15-20)29-17-26-22/h2-9,12-15,17-18H,10-11,16H2,1H3/t18-/m0/s1. The first-order valence-corrected chi connectivity index (χ1v) is 10.7. The van der Waals surface area contributed by atoms with E-state index < -0.39 is 0 Å². The van der Waals surface area contributed by atoms with Gasteiger partial charge in [-0.2, -0.15) is 0 Å². The van der Waals surface area contributed by atoms with Crippen LogP contribution in [0.25, 0.3) is 10.2 Å². The number of hydrogen-bond acceptors (Lipinski definition) is 4. The summed E-state index contributed by atoms with van der Waals surface area (Å²) in [4.78, 5) is 24.1. The van der Waals surface area contributed by atoms with E-state index in [0.29, 0.717) is 12.1 Å². The van der Waals surface area contributed by atoms with Crippen molar-refractivity contribution >= 4 is 27.5 Å². The van der Waals surface area contributed by atoms with Gasteiger partial charge in [0.1, 0.15) is 0 Å². The molecule has 0 fully saturated rings. The fourth-order valence-electron chi connectivity index (χ4n) is 3.42. The van der Waals surface area contributed by atoms with Crippen molar-refractivity contribution < 1.29 is 4.79 Å². The second-order valence-electron chi connectivity index (χ2n) is 7.16. The van der Waals surface area contributed by atoms with Crippen LogP contribution in [0.15, 0.2) is 78.4 Å². The van der Waals surface area contributed by atoms with Gasteiger partial charge in [-0.05, 0) is 55.7 Å². The lowest BCUT2D eigenvalue weighted by Gasteiger charge is -2.29. The van der Waals surface area contributed by atoms with E-state index in [9.17, 15) is 4.79 Å². The molecular weight excluding hydrogens is 378 g/mol. The van der Waals surface area contributed by atoms with Crippen LogP contribution in [0.4, 0.5) is 0 Å². The predicted octanol–water partition coefficient (Wildman–Crippen LogP) is 5.36. The monoisotopic (exact) mass is 401 g/mol. The summed E-state index contributed by atoms with van der Waals surface area (Å²) >= 11 is 1.56. The number of hydrogen-bond donors (Lipinski definition) is 0. The average molecular weight is 402 g/mol. The van der Waals surface area contributed by atoms with Crippen LogP contribution in [0.5, 0.6) is 0 Å². The summed E-state index contributed by atoms with van der Waals surface area (Å²) in [6, 6.07) is 22.1. The van der Waals surface area contributed by atoms with Crippen molar-refractivity contribution in [2.45, 2.75) is 32.4 Å². The van der Waals surface area contributed by atoms with Crippen molar-refractivity contribution in [3.8, 4) is 0 Å². The average Bonchev–Trinajstić information content (AvgIpc) is 3.25. The van der Waals surface area contributed by atoms with E-state index in [-0.39, 0.29) is 11.9 Å². The molecule has 0 aliphatic heterocycles. The zero-order valence-electron chi connectivity index (χ0n) is 16.4. The summed E-state index contributed by atoms with van der Waals surface area (Å²) in [5, 5.41) is 0. The minimum atomic E-state index is 0.0338. The molecule has 146 valence electrons. The highest BCUT2D eigenvalue weighted by Gasteiger charge is 2.22. The Kier molecular flexibility index (Phi) is 5.96. The van der Waals surface area contributed by atoms with E-state index in [2.05, 4.69) is 41.2 Å². The lowest BCUT2D eigenvalue weighted by molar-refractivity contribution is 0.0665. The fourth-order valence-corrected chi connectivity index (χ4v) is 4.14. The molecule has 0 radical (unpaired) electrons. The Morgan fingerprint density at radius 1 is 1.03 bits per heavy atom. The van der Waals surface area contributed by atoms with Gasteiger partial charge in [0, 0.05) is 17.8 Å². The van der Waals surface area contributed by atoms with Gasteiger partial charge in [0.25, 0.3) is 5.91 Å². The Bertz CT molecular complexity index is 1080. The van der Waals surface area contributed by atoms with Crippen LogP contribution in [-0.4, -0.2) is 26.8 Å². The number of thiazole rings is 1. The molecule has 1 amide bonds. The van der Waals surface area contributed by atoms with Crippen molar-refractivity contribution in [3.63, 3.8) is 0 Å². The largest absolute Gasteiger partial charge is 0.330 e. The number of fused-ring (bicyclic) bond motifs is 1. The highest BCUT2D eigenvalue weighted by molar-refractivity contribution is 7.16. The molecule has 4 rings (SSSR count). The number of amides is 1. The first-order valence-electron chi connectivity index (χ1n) is 9.79. The summed E-state index contributed by atoms with van der Waals surface area (Å²) < 4.78 is 1.03. The molecule has 2 heterocycles. The molecule has 5 heteroatoms. The van der Waals surface area contributed by atoms with Gasteiger partial charge in [-0.15, -0.1) is 11.3 Å². The maximum Gasteiger partial charge on any atom is 0.254 e. The molecule has 0 saturated heterocycles. The molecule has 0 aliphatic rings. The van der Waals surface area contributed by atoms with E-state index >= 15 is 0 Å². The Hall–Kier alpha value is -3.05. The van der Waals surface area contributed by atoms with Crippen LogP contribution < -0.4 is 0 Å². The molecule has 0 N–H and O–H groups in total. The van der Waals surface area contributed by atoms with Gasteiger partial charge in [0.15, 0.2) is 0 Å². The lowest BCUT2D eigenvalue weighted by atomic mass is 10.0. The Balaban J connectivity index is 1.57. The molecule has 0 unspecified atom stereocenters. The highest BCUT2D eigenvalue weighted by atomic mass is 32.1. The van der Waals surface area contributed by atoms with Crippen molar-refractivity contribution in [3.05, 3.63) is 95.3 Å². The molecule has 4 nitrogen and oxygen atoms in total. The summed E-state index contributed by atoms with van der Waals surface area (Å²) in [5.41, 5.74) is 5.62. The summed E-state index contributed by atoms with van der Waals surface area (Å²) in [7, 11) is 0. The third-order valence-corrected chi connectivity index (χ3v) is 5.91. The first kappa shape index (κ1) is 19.3. The zero-order chi connectivity index (χ0) is 20.1. The third-order valence-electron chi connectivity index (χ3n) is 5.12. The number of benzene rings is 2. The highest BCUT2D eigenvalue weighted by Crippen LogP contribution is 2.22. The van der Waals surface area contributed by atoms with Crippen LogP contribution in [0.1, 0.15) is 35.0 Å². The molecule has 2 aromatic carbocycles. The van der Waals surface area contributed by atoms with E-state index in [0.717, 1.165) is 28.8 Å². The molecule has 29 heavy (non-hydrogen) atoms. The number of rotatable bonds is 7. The second kappa shape index (κ2) is 8.97. The van der Waals surface area contributed by atoms with Crippen molar-refractivity contribution in [1.82, 2.24) is 14.9 Å².